The van der Waals surface area contributed by atoms with Crippen LogP contribution in [0.15, 0.2) is 30.3 Å². The first-order valence-corrected chi connectivity index (χ1v) is 15.0. The summed E-state index contributed by atoms with van der Waals surface area (Å²) in [5.74, 6) is -2.10. The Bertz CT molecular complexity index is 1350. The van der Waals surface area contributed by atoms with Gasteiger partial charge in [0.1, 0.15) is 17.5 Å². The van der Waals surface area contributed by atoms with Gasteiger partial charge in [0.05, 0.1) is 12.1 Å². The molecule has 0 spiro atoms. The minimum absolute atomic E-state index is 0.0389. The van der Waals surface area contributed by atoms with E-state index in [1.165, 1.54) is 15.9 Å². The molecule has 0 aliphatic carbocycles. The second-order valence-corrected chi connectivity index (χ2v) is 10.6. The largest absolute Gasteiger partial charge is 0.483 e. The number of amides is 4. The molecule has 1 unspecified atom stereocenters. The van der Waals surface area contributed by atoms with Crippen LogP contribution in [0.3, 0.4) is 0 Å². The van der Waals surface area contributed by atoms with Gasteiger partial charge < -0.3 is 39.5 Å². The van der Waals surface area contributed by atoms with E-state index in [1.807, 2.05) is 0 Å². The molecular formula is C30H40N6O8. The number of rotatable bonds is 11. The molecule has 2 aliphatic heterocycles. The maximum Gasteiger partial charge on any atom is 0.409 e. The van der Waals surface area contributed by atoms with Crippen LogP contribution in [0.2, 0.25) is 0 Å². The number of nitrogens with one attached hydrogen (secondary N) is 1. The van der Waals surface area contributed by atoms with Gasteiger partial charge in [0.2, 0.25) is 5.91 Å². The first-order valence-electron chi connectivity index (χ1n) is 15.0. The molecule has 2 N–H and O–H groups in total. The third-order valence-corrected chi connectivity index (χ3v) is 7.80. The fourth-order valence-corrected chi connectivity index (χ4v) is 5.23. The highest BCUT2D eigenvalue weighted by molar-refractivity contribution is 5.99. The minimum Gasteiger partial charge on any atom is -0.483 e. The van der Waals surface area contributed by atoms with Crippen LogP contribution in [0.5, 0.6) is 5.75 Å². The van der Waals surface area contributed by atoms with Gasteiger partial charge in [-0.3, -0.25) is 19.2 Å². The van der Waals surface area contributed by atoms with E-state index in [0.29, 0.717) is 29.7 Å². The fourth-order valence-electron chi connectivity index (χ4n) is 5.23. The second-order valence-electron chi connectivity index (χ2n) is 10.6. The fraction of sp³-hybridized carbons (Fsp3) is 0.533. The van der Waals surface area contributed by atoms with Gasteiger partial charge in [-0.2, -0.15) is 0 Å². The molecule has 14 heteroatoms. The van der Waals surface area contributed by atoms with Crippen molar-refractivity contribution >= 4 is 40.7 Å². The van der Waals surface area contributed by atoms with Crippen LogP contribution in [0.1, 0.15) is 37.2 Å². The zero-order chi connectivity index (χ0) is 31.6. The van der Waals surface area contributed by atoms with E-state index >= 15 is 0 Å². The molecule has 2 fully saturated rings. The van der Waals surface area contributed by atoms with E-state index in [4.69, 9.17) is 9.47 Å². The molecule has 3 heterocycles. The molecule has 1 aromatic heterocycles. The van der Waals surface area contributed by atoms with Gasteiger partial charge in [-0.25, -0.2) is 9.78 Å². The van der Waals surface area contributed by atoms with Gasteiger partial charge in [-0.15, -0.1) is 0 Å². The summed E-state index contributed by atoms with van der Waals surface area (Å²) in [4.78, 5) is 74.6. The van der Waals surface area contributed by atoms with E-state index in [9.17, 15) is 29.1 Å². The van der Waals surface area contributed by atoms with Gasteiger partial charge in [0.25, 0.3) is 11.8 Å². The highest BCUT2D eigenvalue weighted by atomic mass is 16.6. The number of hydrogen-bond acceptors (Lipinski definition) is 9. The van der Waals surface area contributed by atoms with Crippen LogP contribution >= 0.6 is 0 Å². The number of fused-ring (bicyclic) bond motifs is 1. The quantitative estimate of drug-likeness (QED) is 0.375. The van der Waals surface area contributed by atoms with E-state index in [1.54, 1.807) is 36.1 Å². The van der Waals surface area contributed by atoms with Crippen molar-refractivity contribution < 1.29 is 38.6 Å². The Morgan fingerprint density at radius 2 is 1.59 bits per heavy atom. The number of piperazine rings is 2. The summed E-state index contributed by atoms with van der Waals surface area (Å²) in [6.45, 7) is 8.52. The highest BCUT2D eigenvalue weighted by Gasteiger charge is 2.31. The lowest BCUT2D eigenvalue weighted by atomic mass is 10.1. The summed E-state index contributed by atoms with van der Waals surface area (Å²) in [6.07, 6.45) is -0.931. The zero-order valence-corrected chi connectivity index (χ0v) is 25.2. The molecule has 2 saturated heterocycles. The molecule has 14 nitrogen and oxygen atoms in total. The molecule has 0 radical (unpaired) electrons. The predicted molar refractivity (Wildman–Crippen MR) is 159 cm³/mol. The third kappa shape index (κ3) is 8.34. The van der Waals surface area contributed by atoms with Gasteiger partial charge in [0, 0.05) is 70.2 Å². The normalized spacial score (nSPS) is 16.4. The Kier molecular flexibility index (Phi) is 11.3. The van der Waals surface area contributed by atoms with Crippen LogP contribution in [-0.2, 0) is 19.1 Å². The van der Waals surface area contributed by atoms with Crippen LogP contribution in [0.25, 0.3) is 10.9 Å². The second kappa shape index (κ2) is 15.3. The number of aliphatic carboxylic acids is 1. The third-order valence-electron chi connectivity index (χ3n) is 7.80. The summed E-state index contributed by atoms with van der Waals surface area (Å²) in [6, 6.07) is 7.34. The number of carboxylic acid groups (broad SMARTS) is 1. The van der Waals surface area contributed by atoms with Gasteiger partial charge in [-0.1, -0.05) is 19.1 Å². The lowest BCUT2D eigenvalue weighted by Crippen LogP contribution is -2.56. The number of benzene rings is 1. The molecule has 1 aromatic carbocycles. The van der Waals surface area contributed by atoms with Crippen molar-refractivity contribution in [1.29, 1.82) is 0 Å². The Morgan fingerprint density at radius 1 is 0.932 bits per heavy atom. The number of pyridine rings is 1. The number of carbonyl (C=O) groups is 5. The molecule has 4 amide bonds. The molecule has 1 atom stereocenters. The van der Waals surface area contributed by atoms with Crippen LogP contribution < -0.4 is 10.1 Å². The SMILES string of the molecule is CCOC(=O)N1CCN(C(=O)C(CCC(=O)O)NC(=O)c2cc(OCC(=O)N3CCN(CC)CC3)c3ccccc3n2)CC1. The Hall–Kier alpha value is -4.46. The molecule has 0 bridgehead atoms. The van der Waals surface area contributed by atoms with Gasteiger partial charge >= 0.3 is 12.1 Å². The number of para-hydroxylation sites is 1. The summed E-state index contributed by atoms with van der Waals surface area (Å²) < 4.78 is 11.0. The molecule has 2 aliphatic rings. The molecule has 4 rings (SSSR count). The van der Waals surface area contributed by atoms with Crippen LogP contribution in [0.4, 0.5) is 4.79 Å². The smallest absolute Gasteiger partial charge is 0.409 e. The van der Waals surface area contributed by atoms with E-state index in [2.05, 4.69) is 22.1 Å². The van der Waals surface area contributed by atoms with Crippen molar-refractivity contribution in [1.82, 2.24) is 29.9 Å². The van der Waals surface area contributed by atoms with E-state index < -0.39 is 29.9 Å². The number of ether oxygens (including phenoxy) is 2. The number of aromatic nitrogens is 1. The maximum absolute atomic E-state index is 13.4. The lowest BCUT2D eigenvalue weighted by molar-refractivity contribution is -0.138. The average molecular weight is 613 g/mol. The van der Waals surface area contributed by atoms with E-state index in [-0.39, 0.29) is 63.8 Å². The standard InChI is InChI=1S/C30H40N6O8/c1-3-33-11-13-34(14-12-33)26(37)20-44-25-19-24(31-22-8-6-5-7-21(22)25)28(40)32-23(9-10-27(38)39)29(41)35-15-17-36(18-16-35)30(42)43-4-2/h5-8,19,23H,3-4,9-18,20H2,1-2H3,(H,32,40)(H,38,39). The van der Waals surface area contributed by atoms with Crippen molar-refractivity contribution in [3.8, 4) is 5.75 Å². The average Bonchev–Trinajstić information content (AvgIpc) is 3.04. The molecule has 44 heavy (non-hydrogen) atoms. The Morgan fingerprint density at radius 3 is 2.25 bits per heavy atom. The first-order chi connectivity index (χ1) is 21.2. The number of carboxylic acids is 1. The van der Waals surface area contributed by atoms with Crippen molar-refractivity contribution in [2.45, 2.75) is 32.7 Å². The zero-order valence-electron chi connectivity index (χ0n) is 25.2. The molecule has 2 aromatic rings. The van der Waals surface area contributed by atoms with Gasteiger partial charge in [-0.05, 0) is 32.0 Å². The number of nitrogens with zero attached hydrogens (tertiary/aromatic N) is 5. The van der Waals surface area contributed by atoms with Crippen molar-refractivity contribution in [3.05, 3.63) is 36.0 Å². The summed E-state index contributed by atoms with van der Waals surface area (Å²) in [7, 11) is 0. The topological polar surface area (TPSA) is 162 Å². The van der Waals surface area contributed by atoms with E-state index in [0.717, 1.165) is 19.6 Å². The van der Waals surface area contributed by atoms with Crippen LogP contribution in [-0.4, -0.2) is 138 Å². The molecular weight excluding hydrogens is 572 g/mol. The predicted octanol–water partition coefficient (Wildman–Crippen LogP) is 1.04. The minimum atomic E-state index is -1.13. The molecule has 0 saturated carbocycles. The maximum atomic E-state index is 13.4. The summed E-state index contributed by atoms with van der Waals surface area (Å²) in [5.41, 5.74) is 0.422. The first kappa shape index (κ1) is 32.5. The number of carbonyl (C=O) groups excluding carboxylic acids is 4. The lowest BCUT2D eigenvalue weighted by Gasteiger charge is -2.35. The Labute approximate surface area is 255 Å². The monoisotopic (exact) mass is 612 g/mol. The van der Waals surface area contributed by atoms with Crippen LogP contribution in [0, 0.1) is 0 Å². The number of hydrogen-bond donors (Lipinski definition) is 2. The van der Waals surface area contributed by atoms with Crippen molar-refractivity contribution in [2.24, 2.45) is 0 Å². The highest BCUT2D eigenvalue weighted by Crippen LogP contribution is 2.26. The van der Waals surface area contributed by atoms with Crippen molar-refractivity contribution in [2.75, 3.05) is 72.1 Å². The van der Waals surface area contributed by atoms with Gasteiger partial charge in [0.15, 0.2) is 6.61 Å². The summed E-state index contributed by atoms with van der Waals surface area (Å²) >= 11 is 0. The van der Waals surface area contributed by atoms with Crippen molar-refractivity contribution in [3.63, 3.8) is 0 Å². The number of likely N-dealkylation sites (N-methyl/N-ethyl adjacent to an activating group) is 1. The molecule has 238 valence electrons. The summed E-state index contributed by atoms with van der Waals surface area (Å²) in [5, 5.41) is 12.6. The Balaban J connectivity index is 1.46.